The topological polar surface area (TPSA) is 20.2 Å². The van der Waals surface area contributed by atoms with Crippen LogP contribution in [-0.2, 0) is 0 Å². The molecular weight excluding hydrogens is 160 g/mol. The fourth-order valence-corrected chi connectivity index (χ4v) is 0.763. The van der Waals surface area contributed by atoms with Crippen molar-refractivity contribution in [2.45, 2.75) is 32.6 Å². The lowest BCUT2D eigenvalue weighted by Crippen LogP contribution is -1.74. The minimum absolute atomic E-state index is 0.160. The monoisotopic (exact) mass is 178 g/mol. The molecule has 0 saturated heterocycles. The van der Waals surface area contributed by atoms with Crippen molar-refractivity contribution >= 4 is 0 Å². The molecule has 0 aromatic heterocycles. The number of hydrogen-bond acceptors (Lipinski definition) is 1. The Hall–Kier alpha value is -1.00. The normalized spacial score (nSPS) is 10.6. The maximum Gasteiger partial charge on any atom is 0.0540 e. The summed E-state index contributed by atoms with van der Waals surface area (Å²) in [4.78, 5) is 0. The van der Waals surface area contributed by atoms with Gasteiger partial charge in [0.05, 0.1) is 6.61 Å². The number of aliphatic hydroxyl groups is 1. The average molecular weight is 178 g/mol. The highest BCUT2D eigenvalue weighted by atomic mass is 16.2. The molecule has 0 radical (unpaired) electrons. The molecule has 0 saturated carbocycles. The maximum absolute atomic E-state index is 8.43. The molecule has 0 spiro atoms. The van der Waals surface area contributed by atoms with Gasteiger partial charge < -0.3 is 5.11 Å². The van der Waals surface area contributed by atoms with Crippen LogP contribution in [0.25, 0.3) is 0 Å². The highest BCUT2D eigenvalue weighted by Crippen LogP contribution is 1.89. The molecule has 1 nitrogen and oxygen atoms in total. The van der Waals surface area contributed by atoms with Crippen molar-refractivity contribution in [2.24, 2.45) is 0 Å². The summed E-state index contributed by atoms with van der Waals surface area (Å²) in [5.41, 5.74) is 0. The third-order valence-electron chi connectivity index (χ3n) is 1.42. The smallest absolute Gasteiger partial charge is 0.0540 e. The Bertz CT molecular complexity index is 203. The van der Waals surface area contributed by atoms with Crippen LogP contribution in [0.2, 0.25) is 0 Å². The van der Waals surface area contributed by atoms with Crippen LogP contribution >= 0.6 is 0 Å². The summed E-state index contributed by atoms with van der Waals surface area (Å²) in [5.74, 6) is 5.81. The molecule has 0 aliphatic rings. The molecular formula is C12H18O. The van der Waals surface area contributed by atoms with E-state index < -0.39 is 0 Å². The average Bonchev–Trinajstić information content (AvgIpc) is 2.16. The molecule has 0 aliphatic heterocycles. The van der Waals surface area contributed by atoms with E-state index in [-0.39, 0.29) is 6.61 Å². The number of rotatable bonds is 5. The van der Waals surface area contributed by atoms with Crippen LogP contribution in [0.1, 0.15) is 32.6 Å². The van der Waals surface area contributed by atoms with Gasteiger partial charge in [-0.05, 0) is 6.42 Å². The zero-order valence-corrected chi connectivity index (χ0v) is 8.29. The van der Waals surface area contributed by atoms with Crippen molar-refractivity contribution < 1.29 is 5.11 Å². The largest absolute Gasteiger partial charge is 0.395 e. The molecule has 0 heterocycles. The summed E-state index contributed by atoms with van der Waals surface area (Å²) in [7, 11) is 0. The van der Waals surface area contributed by atoms with E-state index in [2.05, 4.69) is 30.9 Å². The fraction of sp³-hybridized carbons (Fsp3) is 0.500. The SMILES string of the molecule is CCC/C=C/C=C/CC#CCCO. The Morgan fingerprint density at radius 2 is 1.92 bits per heavy atom. The van der Waals surface area contributed by atoms with Gasteiger partial charge in [-0.15, -0.1) is 5.92 Å². The molecule has 0 aromatic rings. The van der Waals surface area contributed by atoms with Crippen LogP contribution in [-0.4, -0.2) is 11.7 Å². The van der Waals surface area contributed by atoms with Crippen LogP contribution in [0, 0.1) is 11.8 Å². The highest BCUT2D eigenvalue weighted by Gasteiger charge is 1.71. The molecule has 0 bridgehead atoms. The van der Waals surface area contributed by atoms with Crippen LogP contribution < -0.4 is 0 Å². The van der Waals surface area contributed by atoms with Crippen molar-refractivity contribution in [1.82, 2.24) is 0 Å². The number of hydrogen-bond donors (Lipinski definition) is 1. The second-order valence-corrected chi connectivity index (χ2v) is 2.68. The molecule has 72 valence electrons. The van der Waals surface area contributed by atoms with Gasteiger partial charge in [0.1, 0.15) is 0 Å². The van der Waals surface area contributed by atoms with Gasteiger partial charge in [0.2, 0.25) is 0 Å². The van der Waals surface area contributed by atoms with Gasteiger partial charge in [-0.3, -0.25) is 0 Å². The third-order valence-corrected chi connectivity index (χ3v) is 1.42. The number of aliphatic hydroxyl groups excluding tert-OH is 1. The van der Waals surface area contributed by atoms with Crippen LogP contribution in [0.4, 0.5) is 0 Å². The van der Waals surface area contributed by atoms with Crippen molar-refractivity contribution in [3.05, 3.63) is 24.3 Å². The first-order valence-electron chi connectivity index (χ1n) is 4.80. The van der Waals surface area contributed by atoms with E-state index in [1.54, 1.807) is 0 Å². The Balaban J connectivity index is 3.37. The number of unbranched alkanes of at least 4 members (excludes halogenated alkanes) is 1. The summed E-state index contributed by atoms with van der Waals surface area (Å²) < 4.78 is 0. The summed E-state index contributed by atoms with van der Waals surface area (Å²) >= 11 is 0. The van der Waals surface area contributed by atoms with E-state index >= 15 is 0 Å². The lowest BCUT2D eigenvalue weighted by Gasteiger charge is -1.80. The Morgan fingerprint density at radius 1 is 1.15 bits per heavy atom. The first-order chi connectivity index (χ1) is 6.41. The van der Waals surface area contributed by atoms with Crippen molar-refractivity contribution in [2.75, 3.05) is 6.61 Å². The molecule has 0 amide bonds. The lowest BCUT2D eigenvalue weighted by molar-refractivity contribution is 0.305. The standard InChI is InChI=1S/C12H18O/c1-2-3-4-5-6-7-8-9-10-11-12-13/h4-7,13H,2-3,8,11-12H2,1H3/b5-4+,7-6+. The van der Waals surface area contributed by atoms with Crippen molar-refractivity contribution in [3.63, 3.8) is 0 Å². The van der Waals surface area contributed by atoms with E-state index in [1.165, 1.54) is 6.42 Å². The van der Waals surface area contributed by atoms with Gasteiger partial charge in [-0.25, -0.2) is 0 Å². The first kappa shape index (κ1) is 12.0. The second kappa shape index (κ2) is 11.0. The zero-order valence-electron chi connectivity index (χ0n) is 8.29. The second-order valence-electron chi connectivity index (χ2n) is 2.68. The molecule has 1 heteroatoms. The maximum atomic E-state index is 8.43. The summed E-state index contributed by atoms with van der Waals surface area (Å²) in [6.07, 6.45) is 11.9. The Morgan fingerprint density at radius 3 is 2.62 bits per heavy atom. The Labute approximate surface area is 81.2 Å². The lowest BCUT2D eigenvalue weighted by atomic mass is 10.3. The molecule has 13 heavy (non-hydrogen) atoms. The number of allylic oxidation sites excluding steroid dienone is 4. The third kappa shape index (κ3) is 11.0. The van der Waals surface area contributed by atoms with Crippen LogP contribution in [0.15, 0.2) is 24.3 Å². The van der Waals surface area contributed by atoms with E-state index in [1.807, 2.05) is 12.2 Å². The molecule has 0 unspecified atom stereocenters. The molecule has 0 aliphatic carbocycles. The van der Waals surface area contributed by atoms with Gasteiger partial charge in [0, 0.05) is 12.8 Å². The van der Waals surface area contributed by atoms with Gasteiger partial charge >= 0.3 is 0 Å². The first-order valence-corrected chi connectivity index (χ1v) is 4.80. The van der Waals surface area contributed by atoms with Gasteiger partial charge in [0.25, 0.3) is 0 Å². The van der Waals surface area contributed by atoms with E-state index in [4.69, 9.17) is 5.11 Å². The minimum atomic E-state index is 0.160. The highest BCUT2D eigenvalue weighted by molar-refractivity contribution is 5.09. The van der Waals surface area contributed by atoms with Crippen LogP contribution in [0.3, 0.4) is 0 Å². The molecule has 0 aromatic carbocycles. The molecule has 1 N–H and O–H groups in total. The Kier molecular flexibility index (Phi) is 10.2. The van der Waals surface area contributed by atoms with E-state index in [0.29, 0.717) is 6.42 Å². The predicted octanol–water partition coefficient (Wildman–Crippen LogP) is 2.67. The van der Waals surface area contributed by atoms with Gasteiger partial charge in [-0.1, -0.05) is 43.6 Å². The van der Waals surface area contributed by atoms with Crippen LogP contribution in [0.5, 0.6) is 0 Å². The van der Waals surface area contributed by atoms with Gasteiger partial charge in [0.15, 0.2) is 0 Å². The predicted molar refractivity (Wildman–Crippen MR) is 57.3 cm³/mol. The molecule has 0 atom stereocenters. The quantitative estimate of drug-likeness (QED) is 0.507. The minimum Gasteiger partial charge on any atom is -0.395 e. The molecule has 0 fully saturated rings. The van der Waals surface area contributed by atoms with E-state index in [0.717, 1.165) is 12.8 Å². The van der Waals surface area contributed by atoms with Crippen molar-refractivity contribution in [3.8, 4) is 11.8 Å². The van der Waals surface area contributed by atoms with Gasteiger partial charge in [-0.2, -0.15) is 0 Å². The summed E-state index contributed by atoms with van der Waals surface area (Å²) in [6, 6.07) is 0. The zero-order chi connectivity index (χ0) is 9.78. The fourth-order valence-electron chi connectivity index (χ4n) is 0.763. The molecule has 0 rings (SSSR count). The summed E-state index contributed by atoms with van der Waals surface area (Å²) in [6.45, 7) is 2.32. The van der Waals surface area contributed by atoms with E-state index in [9.17, 15) is 0 Å². The summed E-state index contributed by atoms with van der Waals surface area (Å²) in [5, 5.41) is 8.43. The van der Waals surface area contributed by atoms with Crippen molar-refractivity contribution in [1.29, 1.82) is 0 Å².